The number of nitrogens with one attached hydrogen (secondary N) is 1. The minimum Gasteiger partial charge on any atom is -0.370 e. The zero-order chi connectivity index (χ0) is 18.3. The van der Waals surface area contributed by atoms with E-state index in [0.29, 0.717) is 5.02 Å². The number of benzene rings is 2. The Morgan fingerprint density at radius 3 is 2.73 bits per heavy atom. The summed E-state index contributed by atoms with van der Waals surface area (Å²) >= 11 is 6.34. The maximum Gasteiger partial charge on any atom is 0.133 e. The molecule has 3 aromatic rings. The number of rotatable bonds is 2. The van der Waals surface area contributed by atoms with Crippen LogP contribution in [0.4, 0.5) is 10.2 Å². The Hall–Kier alpha value is -2.33. The van der Waals surface area contributed by atoms with Crippen molar-refractivity contribution in [3.05, 3.63) is 63.9 Å². The van der Waals surface area contributed by atoms with Crippen LogP contribution in [0.3, 0.4) is 0 Å². The van der Waals surface area contributed by atoms with E-state index in [1.807, 2.05) is 4.68 Å². The summed E-state index contributed by atoms with van der Waals surface area (Å²) in [7, 11) is 0. The largest absolute Gasteiger partial charge is 0.370 e. The molecule has 0 amide bonds. The molecule has 1 aliphatic heterocycles. The Morgan fingerprint density at radius 1 is 1.12 bits per heavy atom. The molecule has 0 spiro atoms. The molecule has 1 N–H and O–H groups in total. The van der Waals surface area contributed by atoms with Crippen LogP contribution in [0.15, 0.2) is 36.4 Å². The molecule has 0 atom stereocenters. The molecule has 0 saturated heterocycles. The lowest BCUT2D eigenvalue weighted by molar-refractivity contribution is 0.628. The van der Waals surface area contributed by atoms with E-state index in [1.54, 1.807) is 6.07 Å². The predicted molar refractivity (Wildman–Crippen MR) is 105 cm³/mol. The number of hydrogen-bond acceptors (Lipinski definition) is 2. The Kier molecular flexibility index (Phi) is 4.45. The van der Waals surface area contributed by atoms with Crippen molar-refractivity contribution in [1.29, 1.82) is 0 Å². The molecule has 2 heterocycles. The molecule has 0 bridgehead atoms. The first-order valence-electron chi connectivity index (χ1n) is 8.93. The predicted octanol–water partition coefficient (Wildman–Crippen LogP) is 5.70. The van der Waals surface area contributed by atoms with E-state index < -0.39 is 0 Å². The number of aryl methyl sites for hydroxylation is 2. The molecule has 134 valence electrons. The van der Waals surface area contributed by atoms with Gasteiger partial charge in [-0.25, -0.2) is 9.07 Å². The van der Waals surface area contributed by atoms with Crippen molar-refractivity contribution in [2.75, 3.05) is 11.9 Å². The van der Waals surface area contributed by atoms with Crippen LogP contribution in [0.1, 0.15) is 29.5 Å². The zero-order valence-electron chi connectivity index (χ0n) is 14.9. The van der Waals surface area contributed by atoms with Gasteiger partial charge in [-0.15, -0.1) is 0 Å². The first kappa shape index (κ1) is 17.1. The van der Waals surface area contributed by atoms with Crippen molar-refractivity contribution < 1.29 is 4.39 Å². The number of halogens is 2. The molecular formula is C21H21ClFN3. The topological polar surface area (TPSA) is 29.9 Å². The monoisotopic (exact) mass is 369 g/mol. The highest BCUT2D eigenvalue weighted by Crippen LogP contribution is 2.37. The highest BCUT2D eigenvalue weighted by molar-refractivity contribution is 6.33. The Balaban J connectivity index is 1.95. The van der Waals surface area contributed by atoms with Crippen LogP contribution in [-0.4, -0.2) is 16.3 Å². The van der Waals surface area contributed by atoms with Crippen molar-refractivity contribution >= 4 is 17.4 Å². The lowest BCUT2D eigenvalue weighted by Gasteiger charge is -2.12. The third kappa shape index (κ3) is 2.99. The van der Waals surface area contributed by atoms with Gasteiger partial charge in [0.25, 0.3) is 0 Å². The van der Waals surface area contributed by atoms with Gasteiger partial charge in [-0.2, -0.15) is 5.10 Å². The second-order valence-electron chi connectivity index (χ2n) is 6.89. The van der Waals surface area contributed by atoms with E-state index in [9.17, 15) is 4.39 Å². The molecule has 1 aliphatic rings. The molecule has 2 aromatic carbocycles. The van der Waals surface area contributed by atoms with Crippen molar-refractivity contribution in [3.63, 3.8) is 0 Å². The standard InChI is InChI=1S/C21H21ClFN3/c1-13-6-9-19(14(2)11-13)26-21-17(5-3-4-10-24-21)20(25-26)16-8-7-15(23)12-18(16)22/h6-9,11-12,24H,3-5,10H2,1-2H3. The van der Waals surface area contributed by atoms with Crippen LogP contribution in [0.2, 0.25) is 5.02 Å². The normalized spacial score (nSPS) is 13.8. The minimum atomic E-state index is -0.336. The summed E-state index contributed by atoms with van der Waals surface area (Å²) in [6.07, 6.45) is 3.12. The summed E-state index contributed by atoms with van der Waals surface area (Å²) in [6.45, 7) is 5.10. The quantitative estimate of drug-likeness (QED) is 0.628. The van der Waals surface area contributed by atoms with Crippen molar-refractivity contribution in [1.82, 2.24) is 9.78 Å². The van der Waals surface area contributed by atoms with Gasteiger partial charge in [0, 0.05) is 17.7 Å². The fourth-order valence-electron chi connectivity index (χ4n) is 3.62. The second kappa shape index (κ2) is 6.76. The SMILES string of the molecule is Cc1ccc(-n2nc(-c3ccc(F)cc3Cl)c3c2NCCCC3)c(C)c1. The van der Waals surface area contributed by atoms with E-state index in [4.69, 9.17) is 16.7 Å². The Bertz CT molecular complexity index is 902. The minimum absolute atomic E-state index is 0.336. The van der Waals surface area contributed by atoms with Gasteiger partial charge in [0.05, 0.1) is 16.4 Å². The highest BCUT2D eigenvalue weighted by Gasteiger charge is 2.23. The van der Waals surface area contributed by atoms with Gasteiger partial charge < -0.3 is 5.32 Å². The van der Waals surface area contributed by atoms with Crippen LogP contribution in [0.5, 0.6) is 0 Å². The summed E-state index contributed by atoms with van der Waals surface area (Å²) < 4.78 is 15.5. The van der Waals surface area contributed by atoms with E-state index in [0.717, 1.165) is 59.7 Å². The van der Waals surface area contributed by atoms with Gasteiger partial charge in [0.15, 0.2) is 0 Å². The average Bonchev–Trinajstić information content (AvgIpc) is 2.77. The summed E-state index contributed by atoms with van der Waals surface area (Å²) in [4.78, 5) is 0. The van der Waals surface area contributed by atoms with Crippen LogP contribution in [0, 0.1) is 19.7 Å². The third-order valence-corrected chi connectivity index (χ3v) is 5.21. The molecule has 0 radical (unpaired) electrons. The molecule has 0 unspecified atom stereocenters. The van der Waals surface area contributed by atoms with Crippen molar-refractivity contribution in [3.8, 4) is 16.9 Å². The highest BCUT2D eigenvalue weighted by atomic mass is 35.5. The first-order valence-corrected chi connectivity index (χ1v) is 9.31. The second-order valence-corrected chi connectivity index (χ2v) is 7.29. The van der Waals surface area contributed by atoms with Gasteiger partial charge in [0.1, 0.15) is 11.6 Å². The number of aromatic nitrogens is 2. The van der Waals surface area contributed by atoms with Gasteiger partial charge in [-0.1, -0.05) is 29.3 Å². The van der Waals surface area contributed by atoms with Gasteiger partial charge in [-0.3, -0.25) is 0 Å². The third-order valence-electron chi connectivity index (χ3n) is 4.90. The summed E-state index contributed by atoms with van der Waals surface area (Å²) in [6, 6.07) is 10.9. The van der Waals surface area contributed by atoms with E-state index >= 15 is 0 Å². The van der Waals surface area contributed by atoms with Crippen molar-refractivity contribution in [2.24, 2.45) is 0 Å². The lowest BCUT2D eigenvalue weighted by Crippen LogP contribution is -2.08. The number of nitrogens with zero attached hydrogens (tertiary/aromatic N) is 2. The fraction of sp³-hybridized carbons (Fsp3) is 0.286. The molecule has 5 heteroatoms. The summed E-state index contributed by atoms with van der Waals surface area (Å²) in [5, 5.41) is 8.83. The zero-order valence-corrected chi connectivity index (χ0v) is 15.7. The maximum atomic E-state index is 13.5. The summed E-state index contributed by atoms with van der Waals surface area (Å²) in [5.74, 6) is 0.682. The first-order chi connectivity index (χ1) is 12.5. The van der Waals surface area contributed by atoms with Gasteiger partial charge in [0.2, 0.25) is 0 Å². The van der Waals surface area contributed by atoms with Crippen LogP contribution in [-0.2, 0) is 6.42 Å². The van der Waals surface area contributed by atoms with E-state index in [-0.39, 0.29) is 5.82 Å². The van der Waals surface area contributed by atoms with E-state index in [1.165, 1.54) is 17.7 Å². The number of hydrogen-bond donors (Lipinski definition) is 1. The fourth-order valence-corrected chi connectivity index (χ4v) is 3.87. The molecule has 3 nitrogen and oxygen atoms in total. The van der Waals surface area contributed by atoms with Crippen molar-refractivity contribution in [2.45, 2.75) is 33.1 Å². The van der Waals surface area contributed by atoms with E-state index in [2.05, 4.69) is 37.4 Å². The number of anilines is 1. The van der Waals surface area contributed by atoms with Gasteiger partial charge >= 0.3 is 0 Å². The Morgan fingerprint density at radius 2 is 1.96 bits per heavy atom. The molecule has 4 rings (SSSR count). The number of fused-ring (bicyclic) bond motifs is 1. The Labute approximate surface area is 157 Å². The maximum absolute atomic E-state index is 13.5. The average molecular weight is 370 g/mol. The molecule has 0 fully saturated rings. The molecular weight excluding hydrogens is 349 g/mol. The van der Waals surface area contributed by atoms with Crippen LogP contribution < -0.4 is 5.32 Å². The van der Waals surface area contributed by atoms with Gasteiger partial charge in [-0.05, 0) is 62.9 Å². The van der Waals surface area contributed by atoms with Crippen LogP contribution >= 0.6 is 11.6 Å². The molecule has 0 saturated carbocycles. The molecule has 1 aromatic heterocycles. The van der Waals surface area contributed by atoms with Crippen LogP contribution in [0.25, 0.3) is 16.9 Å². The molecule has 0 aliphatic carbocycles. The lowest BCUT2D eigenvalue weighted by atomic mass is 10.0. The summed E-state index contributed by atoms with van der Waals surface area (Å²) in [5.41, 5.74) is 6.19. The molecule has 26 heavy (non-hydrogen) atoms. The smallest absolute Gasteiger partial charge is 0.133 e.